The summed E-state index contributed by atoms with van der Waals surface area (Å²) in [5.41, 5.74) is 22.1. The summed E-state index contributed by atoms with van der Waals surface area (Å²) in [6.45, 7) is 12.3. The summed E-state index contributed by atoms with van der Waals surface area (Å²) in [5, 5.41) is 1.43. The first-order valence-corrected chi connectivity index (χ1v) is 21.0. The van der Waals surface area contributed by atoms with Crippen LogP contribution in [0.1, 0.15) is 109 Å². The summed E-state index contributed by atoms with van der Waals surface area (Å²) in [5.74, 6) is 2.18. The van der Waals surface area contributed by atoms with Gasteiger partial charge in [-0.05, 0) is 119 Å². The third kappa shape index (κ3) is 5.32. The van der Waals surface area contributed by atoms with Gasteiger partial charge in [-0.1, -0.05) is 118 Å². The second-order valence-corrected chi connectivity index (χ2v) is 17.9. The lowest BCUT2D eigenvalue weighted by atomic mass is 9.71. The van der Waals surface area contributed by atoms with Gasteiger partial charge in [-0.2, -0.15) is 0 Å². The maximum absolute atomic E-state index is 2.58. The predicted molar refractivity (Wildman–Crippen MR) is 231 cm³/mol. The molecule has 0 N–H and O–H groups in total. The SMILES string of the molecule is Cc1c2ccc3c1CC(CCc1c4c5c(cccc5n1C)C1=CC=CC=C(C1)C(C)C(C)C4=CN1C=[N+](C)C4CC=CC2=C41)c1ccccc1CC3C(C)C. The molecule has 10 rings (SSSR count). The van der Waals surface area contributed by atoms with E-state index in [0.29, 0.717) is 35.6 Å². The maximum Gasteiger partial charge on any atom is 0.244 e. The Balaban J connectivity index is 1.31. The van der Waals surface area contributed by atoms with Crippen LogP contribution in [0.2, 0.25) is 0 Å². The molecule has 0 amide bonds. The summed E-state index contributed by atoms with van der Waals surface area (Å²) in [4.78, 5) is 2.55. The van der Waals surface area contributed by atoms with Gasteiger partial charge in [0.2, 0.25) is 6.34 Å². The lowest BCUT2D eigenvalue weighted by Gasteiger charge is -2.34. The molecule has 0 radical (unpaired) electrons. The van der Waals surface area contributed by atoms with Crippen molar-refractivity contribution in [3.63, 3.8) is 0 Å². The van der Waals surface area contributed by atoms with E-state index in [1.165, 1.54) is 66.8 Å². The molecule has 0 saturated carbocycles. The molecule has 3 aromatic carbocycles. The molecule has 3 heteroatoms. The second kappa shape index (κ2) is 13.1. The second-order valence-electron chi connectivity index (χ2n) is 17.9. The van der Waals surface area contributed by atoms with Crippen molar-refractivity contribution in [1.82, 2.24) is 9.47 Å². The van der Waals surface area contributed by atoms with E-state index in [4.69, 9.17) is 0 Å². The van der Waals surface area contributed by atoms with Crippen LogP contribution in [0.5, 0.6) is 0 Å². The quantitative estimate of drug-likeness (QED) is 0.178. The van der Waals surface area contributed by atoms with E-state index in [1.807, 2.05) is 0 Å². The van der Waals surface area contributed by atoms with Gasteiger partial charge in [-0.15, -0.1) is 0 Å². The molecule has 2 aliphatic heterocycles. The average Bonchev–Trinajstić information content (AvgIpc) is 3.52. The van der Waals surface area contributed by atoms with E-state index in [2.05, 4.69) is 166 Å². The molecule has 0 spiro atoms. The monoisotopic (exact) mass is 722 g/mol. The van der Waals surface area contributed by atoms with Crippen LogP contribution in [0.15, 0.2) is 109 Å². The van der Waals surface area contributed by atoms with Gasteiger partial charge < -0.3 is 4.57 Å². The third-order valence-corrected chi connectivity index (χ3v) is 14.8. The first-order chi connectivity index (χ1) is 26.7. The van der Waals surface area contributed by atoms with Crippen LogP contribution in [-0.2, 0) is 26.3 Å². The van der Waals surface area contributed by atoms with Crippen molar-refractivity contribution >= 4 is 34.0 Å². The molecule has 278 valence electrons. The highest BCUT2D eigenvalue weighted by Gasteiger charge is 2.41. The highest BCUT2D eigenvalue weighted by atomic mass is 15.3. The van der Waals surface area contributed by atoms with Gasteiger partial charge in [-0.3, -0.25) is 4.58 Å². The van der Waals surface area contributed by atoms with Gasteiger partial charge in [0.1, 0.15) is 0 Å². The van der Waals surface area contributed by atoms with Gasteiger partial charge in [0, 0.05) is 46.8 Å². The summed E-state index contributed by atoms with van der Waals surface area (Å²) in [6, 6.07) is 21.9. The molecule has 5 bridgehead atoms. The highest BCUT2D eigenvalue weighted by molar-refractivity contribution is 6.03. The van der Waals surface area contributed by atoms with Crippen LogP contribution in [0.25, 0.3) is 27.6 Å². The van der Waals surface area contributed by atoms with Crippen molar-refractivity contribution in [1.29, 1.82) is 0 Å². The summed E-state index contributed by atoms with van der Waals surface area (Å²) in [6.07, 6.45) is 25.5. The zero-order valence-corrected chi connectivity index (χ0v) is 33.9. The molecule has 4 aromatic rings. The van der Waals surface area contributed by atoms with Gasteiger partial charge >= 0.3 is 0 Å². The Kier molecular flexibility index (Phi) is 8.25. The number of aromatic nitrogens is 1. The summed E-state index contributed by atoms with van der Waals surface area (Å²) >= 11 is 0. The Bertz CT molecular complexity index is 2500. The zero-order chi connectivity index (χ0) is 37.7. The molecule has 6 aliphatic rings. The third-order valence-electron chi connectivity index (χ3n) is 14.8. The Hall–Kier alpha value is -4.89. The number of benzene rings is 3. The van der Waals surface area contributed by atoms with E-state index < -0.39 is 0 Å². The summed E-state index contributed by atoms with van der Waals surface area (Å²) in [7, 11) is 4.63. The number of nitrogens with zero attached hydrogens (tertiary/aromatic N) is 3. The van der Waals surface area contributed by atoms with Crippen LogP contribution in [0, 0.1) is 24.7 Å². The normalized spacial score (nSPS) is 25.5. The van der Waals surface area contributed by atoms with Gasteiger partial charge in [0.05, 0.1) is 13.2 Å². The maximum atomic E-state index is 2.58. The minimum atomic E-state index is 0.307. The molecule has 3 nitrogen and oxygen atoms in total. The number of allylic oxidation sites excluding steroid dienone is 9. The molecule has 3 heterocycles. The lowest BCUT2D eigenvalue weighted by Crippen LogP contribution is -2.25. The van der Waals surface area contributed by atoms with E-state index >= 15 is 0 Å². The molecule has 5 atom stereocenters. The lowest BCUT2D eigenvalue weighted by molar-refractivity contribution is -0.516. The van der Waals surface area contributed by atoms with Gasteiger partial charge in [-0.25, -0.2) is 4.90 Å². The Morgan fingerprint density at radius 1 is 0.873 bits per heavy atom. The molecular formula is C52H56N3+. The topological polar surface area (TPSA) is 11.2 Å². The molecular weight excluding hydrogens is 667 g/mol. The minimum Gasteiger partial charge on any atom is -0.347 e. The fourth-order valence-electron chi connectivity index (χ4n) is 11.5. The van der Waals surface area contributed by atoms with Gasteiger partial charge in [0.15, 0.2) is 11.7 Å². The Morgan fingerprint density at radius 3 is 2.56 bits per heavy atom. The number of hydrogen-bond donors (Lipinski definition) is 0. The summed E-state index contributed by atoms with van der Waals surface area (Å²) < 4.78 is 5.04. The van der Waals surface area contributed by atoms with Crippen molar-refractivity contribution in [2.75, 3.05) is 7.05 Å². The predicted octanol–water partition coefficient (Wildman–Crippen LogP) is 11.7. The number of hydrogen-bond acceptors (Lipinski definition) is 1. The van der Waals surface area contributed by atoms with Crippen molar-refractivity contribution in [2.24, 2.45) is 24.8 Å². The van der Waals surface area contributed by atoms with Crippen molar-refractivity contribution in [3.8, 4) is 0 Å². The fourth-order valence-corrected chi connectivity index (χ4v) is 11.5. The first kappa shape index (κ1) is 34.6. The van der Waals surface area contributed by atoms with E-state index in [1.54, 1.807) is 22.3 Å². The van der Waals surface area contributed by atoms with Crippen LogP contribution < -0.4 is 0 Å². The fraction of sp³-hybridized carbons (Fsp3) is 0.365. The average molecular weight is 723 g/mol. The van der Waals surface area contributed by atoms with Crippen LogP contribution in [0.4, 0.5) is 0 Å². The number of fused-ring (bicyclic) bond motifs is 8. The highest BCUT2D eigenvalue weighted by Crippen LogP contribution is 2.49. The van der Waals surface area contributed by atoms with Crippen LogP contribution in [0.3, 0.4) is 0 Å². The largest absolute Gasteiger partial charge is 0.347 e. The minimum absolute atomic E-state index is 0.307. The molecule has 4 aliphatic carbocycles. The van der Waals surface area contributed by atoms with Gasteiger partial charge in [0.25, 0.3) is 0 Å². The molecule has 0 saturated heterocycles. The zero-order valence-electron chi connectivity index (χ0n) is 33.9. The molecule has 1 aromatic heterocycles. The Morgan fingerprint density at radius 2 is 1.71 bits per heavy atom. The number of aryl methyl sites for hydroxylation is 1. The standard InChI is InChI=1S/C52H56N3/c1-31(2)44-27-37-16-10-11-17-40(37)38-22-25-48-51-46(33(4)32(3)35-14-8-9-15-36(26-35)41-18-12-20-47(50(41)51)54(48)7)29-55-30-53(6)49-21-13-19-43(52(49)55)39-23-24-42(44)45(28-38)34(39)5/h8-20,23-24,29-33,38,44,49H,21-22,25-28H2,1-7H3/q+1. The van der Waals surface area contributed by atoms with Crippen molar-refractivity contribution in [2.45, 2.75) is 91.0 Å². The Labute approximate surface area is 328 Å². The van der Waals surface area contributed by atoms with Crippen LogP contribution >= 0.6 is 0 Å². The van der Waals surface area contributed by atoms with Crippen molar-refractivity contribution < 1.29 is 4.58 Å². The van der Waals surface area contributed by atoms with E-state index in [0.717, 1.165) is 38.5 Å². The van der Waals surface area contributed by atoms with Crippen molar-refractivity contribution in [3.05, 3.63) is 159 Å². The first-order valence-electron chi connectivity index (χ1n) is 21.0. The van der Waals surface area contributed by atoms with Crippen LogP contribution in [-0.4, -0.2) is 33.5 Å². The smallest absolute Gasteiger partial charge is 0.244 e. The molecule has 55 heavy (non-hydrogen) atoms. The number of likely N-dealkylation sites (N-methyl/N-ethyl adjacent to an activating group) is 1. The molecule has 0 fully saturated rings. The molecule has 5 unspecified atom stereocenters. The number of rotatable bonds is 1. The van der Waals surface area contributed by atoms with E-state index in [-0.39, 0.29) is 0 Å². The van der Waals surface area contributed by atoms with E-state index in [9.17, 15) is 0 Å².